The van der Waals surface area contributed by atoms with Crippen LogP contribution in [0.2, 0.25) is 0 Å². The fourth-order valence-corrected chi connectivity index (χ4v) is 6.32. The largest absolute Gasteiger partial charge is 0.337 e. The highest BCUT2D eigenvalue weighted by atomic mass is 16.2. The normalized spacial score (nSPS) is 26.2. The molecular formula is C26H26N6O. The van der Waals surface area contributed by atoms with Crippen molar-refractivity contribution in [3.8, 4) is 6.07 Å². The van der Waals surface area contributed by atoms with E-state index < -0.39 is 5.41 Å². The van der Waals surface area contributed by atoms with Crippen LogP contribution in [0.1, 0.15) is 59.3 Å². The molecular weight excluding hydrogens is 412 g/mol. The van der Waals surface area contributed by atoms with Gasteiger partial charge < -0.3 is 10.2 Å². The Kier molecular flexibility index (Phi) is 3.74. The molecule has 166 valence electrons. The monoisotopic (exact) mass is 438 g/mol. The summed E-state index contributed by atoms with van der Waals surface area (Å²) in [7, 11) is 0. The minimum absolute atomic E-state index is 0.0341. The van der Waals surface area contributed by atoms with Gasteiger partial charge >= 0.3 is 0 Å². The van der Waals surface area contributed by atoms with Gasteiger partial charge in [0.15, 0.2) is 0 Å². The molecule has 33 heavy (non-hydrogen) atoms. The molecule has 1 aromatic carbocycles. The maximum Gasteiger partial charge on any atom is 0.274 e. The number of rotatable bonds is 2. The fraction of sp³-hybridized carbons (Fsp3) is 0.462. The van der Waals surface area contributed by atoms with E-state index in [9.17, 15) is 10.1 Å². The number of amides is 1. The minimum Gasteiger partial charge on any atom is -0.337 e. The van der Waals surface area contributed by atoms with Gasteiger partial charge in [0.05, 0.1) is 11.5 Å². The quantitative estimate of drug-likeness (QED) is 0.665. The van der Waals surface area contributed by atoms with E-state index in [-0.39, 0.29) is 16.9 Å². The number of hydrogen-bond donors (Lipinski definition) is 1. The highest BCUT2D eigenvalue weighted by molar-refractivity contribution is 5.92. The van der Waals surface area contributed by atoms with Crippen molar-refractivity contribution in [2.75, 3.05) is 13.1 Å². The van der Waals surface area contributed by atoms with Crippen LogP contribution in [0, 0.1) is 16.7 Å². The molecule has 3 fully saturated rings. The predicted molar refractivity (Wildman–Crippen MR) is 121 cm³/mol. The molecule has 2 aliphatic carbocycles. The number of imidazole rings is 1. The first kappa shape index (κ1) is 19.2. The van der Waals surface area contributed by atoms with E-state index in [1.54, 1.807) is 12.4 Å². The third-order valence-electron chi connectivity index (χ3n) is 8.76. The number of fused-ring (bicyclic) bond motifs is 2. The van der Waals surface area contributed by atoms with Gasteiger partial charge in [-0.05, 0) is 55.1 Å². The lowest BCUT2D eigenvalue weighted by molar-refractivity contribution is 0.0626. The third kappa shape index (κ3) is 2.74. The summed E-state index contributed by atoms with van der Waals surface area (Å²) in [5.41, 5.74) is 4.07. The van der Waals surface area contributed by atoms with Crippen LogP contribution in [0.3, 0.4) is 0 Å². The Labute approximate surface area is 192 Å². The van der Waals surface area contributed by atoms with Gasteiger partial charge in [-0.25, -0.2) is 9.97 Å². The van der Waals surface area contributed by atoms with Crippen molar-refractivity contribution in [1.82, 2.24) is 24.6 Å². The third-order valence-corrected chi connectivity index (χ3v) is 8.76. The van der Waals surface area contributed by atoms with Crippen LogP contribution in [0.4, 0.5) is 0 Å². The standard InChI is InChI=1S/C26H26N6O/c27-17-26(16-24(26)5-6-24)20-13-28-23-30-21(15-32(23)14-20)22(33)31-9-7-25(8-10-31)11-18-3-1-2-4-19(18)12-29-25/h1-4,13-15,29H,5-12,16H2. The SMILES string of the molecule is N#CC1(c2cnc3nc(C(=O)N4CCC5(CC4)Cc4ccccc4CN5)cn3c2)CC12CC2. The maximum absolute atomic E-state index is 13.3. The number of carbonyl (C=O) groups excluding carboxylic acids is 1. The second-order valence-corrected chi connectivity index (χ2v) is 10.5. The molecule has 2 aromatic heterocycles. The molecule has 0 bridgehead atoms. The number of aromatic nitrogens is 3. The van der Waals surface area contributed by atoms with Crippen molar-refractivity contribution in [2.45, 2.75) is 56.0 Å². The van der Waals surface area contributed by atoms with Crippen LogP contribution in [0.25, 0.3) is 5.78 Å². The van der Waals surface area contributed by atoms with Crippen molar-refractivity contribution in [3.05, 3.63) is 65.2 Å². The summed E-state index contributed by atoms with van der Waals surface area (Å²) in [6.07, 6.45) is 11.6. The molecule has 2 aliphatic heterocycles. The minimum atomic E-state index is -0.393. The van der Waals surface area contributed by atoms with Gasteiger partial charge in [-0.15, -0.1) is 0 Å². The molecule has 1 atom stereocenters. The zero-order chi connectivity index (χ0) is 22.3. The lowest BCUT2D eigenvalue weighted by Gasteiger charge is -2.45. The fourth-order valence-electron chi connectivity index (χ4n) is 6.32. The Morgan fingerprint density at radius 1 is 1.09 bits per heavy atom. The zero-order valence-electron chi connectivity index (χ0n) is 18.5. The van der Waals surface area contributed by atoms with E-state index in [1.807, 2.05) is 15.5 Å². The van der Waals surface area contributed by atoms with Crippen LogP contribution in [-0.4, -0.2) is 43.8 Å². The van der Waals surface area contributed by atoms with Crippen LogP contribution in [0.5, 0.6) is 0 Å². The van der Waals surface area contributed by atoms with Gasteiger partial charge in [0, 0.05) is 49.3 Å². The highest BCUT2D eigenvalue weighted by Gasteiger charge is 2.75. The Morgan fingerprint density at radius 3 is 2.61 bits per heavy atom. The first-order valence-corrected chi connectivity index (χ1v) is 11.9. The smallest absolute Gasteiger partial charge is 0.274 e. The van der Waals surface area contributed by atoms with E-state index in [0.717, 1.165) is 63.7 Å². The van der Waals surface area contributed by atoms with Crippen LogP contribution in [0.15, 0.2) is 42.9 Å². The molecule has 4 heterocycles. The summed E-state index contributed by atoms with van der Waals surface area (Å²) in [6, 6.07) is 11.2. The number of nitrogens with zero attached hydrogens (tertiary/aromatic N) is 5. The molecule has 3 aromatic rings. The van der Waals surface area contributed by atoms with Crippen molar-refractivity contribution >= 4 is 11.7 Å². The lowest BCUT2D eigenvalue weighted by Crippen LogP contribution is -2.57. The summed E-state index contributed by atoms with van der Waals surface area (Å²) in [6.45, 7) is 2.34. The van der Waals surface area contributed by atoms with Crippen molar-refractivity contribution in [3.63, 3.8) is 0 Å². The molecule has 2 saturated carbocycles. The average Bonchev–Trinajstić information content (AvgIpc) is 3.72. The average molecular weight is 439 g/mol. The van der Waals surface area contributed by atoms with Crippen molar-refractivity contribution < 1.29 is 4.79 Å². The zero-order valence-corrected chi connectivity index (χ0v) is 18.5. The molecule has 1 amide bonds. The van der Waals surface area contributed by atoms with Gasteiger partial charge in [0.25, 0.3) is 5.91 Å². The Bertz CT molecular complexity index is 1340. The van der Waals surface area contributed by atoms with E-state index in [4.69, 9.17) is 0 Å². The molecule has 7 rings (SSSR count). The maximum atomic E-state index is 13.3. The van der Waals surface area contributed by atoms with Gasteiger partial charge in [0.1, 0.15) is 5.69 Å². The molecule has 2 spiro atoms. The summed E-state index contributed by atoms with van der Waals surface area (Å²) in [5.74, 6) is 0.480. The van der Waals surface area contributed by atoms with E-state index >= 15 is 0 Å². The molecule has 1 N–H and O–H groups in total. The van der Waals surface area contributed by atoms with Crippen molar-refractivity contribution in [1.29, 1.82) is 5.26 Å². The number of nitrogens with one attached hydrogen (secondary N) is 1. The second kappa shape index (κ2) is 6.42. The van der Waals surface area contributed by atoms with Crippen LogP contribution in [-0.2, 0) is 18.4 Å². The molecule has 1 saturated heterocycles. The summed E-state index contributed by atoms with van der Waals surface area (Å²) < 4.78 is 1.82. The van der Waals surface area contributed by atoms with E-state index in [0.29, 0.717) is 11.5 Å². The summed E-state index contributed by atoms with van der Waals surface area (Å²) in [5, 5.41) is 13.6. The molecule has 7 heteroatoms. The Hall–Kier alpha value is -3.24. The molecule has 0 radical (unpaired) electrons. The topological polar surface area (TPSA) is 86.3 Å². The summed E-state index contributed by atoms with van der Waals surface area (Å²) in [4.78, 5) is 24.2. The van der Waals surface area contributed by atoms with Crippen molar-refractivity contribution in [2.24, 2.45) is 5.41 Å². The van der Waals surface area contributed by atoms with E-state index in [1.165, 1.54) is 11.1 Å². The van der Waals surface area contributed by atoms with Gasteiger partial charge in [-0.1, -0.05) is 24.3 Å². The number of nitriles is 1. The number of likely N-dealkylation sites (tertiary alicyclic amines) is 1. The van der Waals surface area contributed by atoms with Gasteiger partial charge in [-0.2, -0.15) is 5.26 Å². The summed E-state index contributed by atoms with van der Waals surface area (Å²) >= 11 is 0. The molecule has 4 aliphatic rings. The number of hydrogen-bond acceptors (Lipinski definition) is 5. The van der Waals surface area contributed by atoms with Gasteiger partial charge in [-0.3, -0.25) is 9.20 Å². The number of benzene rings is 1. The first-order chi connectivity index (χ1) is 16.1. The van der Waals surface area contributed by atoms with E-state index in [2.05, 4.69) is 45.6 Å². The van der Waals surface area contributed by atoms with Crippen LogP contribution < -0.4 is 5.32 Å². The highest BCUT2D eigenvalue weighted by Crippen LogP contribution is 2.78. The number of carbonyl (C=O) groups is 1. The Balaban J connectivity index is 1.08. The number of piperidine rings is 1. The molecule has 1 unspecified atom stereocenters. The Morgan fingerprint density at radius 2 is 1.88 bits per heavy atom. The van der Waals surface area contributed by atoms with Gasteiger partial charge in [0.2, 0.25) is 5.78 Å². The van der Waals surface area contributed by atoms with Crippen LogP contribution >= 0.6 is 0 Å². The lowest BCUT2D eigenvalue weighted by atomic mass is 9.78. The second-order valence-electron chi connectivity index (χ2n) is 10.5. The predicted octanol–water partition coefficient (Wildman–Crippen LogP) is 3.00. The first-order valence-electron chi connectivity index (χ1n) is 11.9. The molecule has 7 nitrogen and oxygen atoms in total.